The molecule has 1 N–H and O–H groups in total. The monoisotopic (exact) mass is 360 g/mol. The fourth-order valence-electron chi connectivity index (χ4n) is 2.81. The van der Waals surface area contributed by atoms with Gasteiger partial charge < -0.3 is 14.8 Å². The lowest BCUT2D eigenvalue weighted by molar-refractivity contribution is -0.139. The highest BCUT2D eigenvalue weighted by molar-refractivity contribution is 7.98. The van der Waals surface area contributed by atoms with Crippen molar-refractivity contribution in [3.05, 3.63) is 47.4 Å². The zero-order valence-electron chi connectivity index (χ0n) is 14.4. The number of methoxy groups -OCH3 is 1. The molecule has 7 nitrogen and oxygen atoms in total. The lowest BCUT2D eigenvalue weighted by Crippen LogP contribution is -2.31. The normalized spacial score (nSPS) is 16.4. The number of benzene rings is 1. The molecule has 0 bridgehead atoms. The molecular weight excluding hydrogens is 340 g/mol. The second-order valence-electron chi connectivity index (χ2n) is 5.37. The topological polar surface area (TPSA) is 78.3 Å². The molecule has 25 heavy (non-hydrogen) atoms. The van der Waals surface area contributed by atoms with Gasteiger partial charge in [0.25, 0.3) is 0 Å². The first-order chi connectivity index (χ1) is 12.2. The van der Waals surface area contributed by atoms with E-state index < -0.39 is 6.04 Å². The summed E-state index contributed by atoms with van der Waals surface area (Å²) < 4.78 is 12.2. The zero-order chi connectivity index (χ0) is 17.8. The maximum absolute atomic E-state index is 12.7. The molecule has 0 amide bonds. The number of nitrogens with zero attached hydrogens (tertiary/aromatic N) is 3. The Balaban J connectivity index is 2.13. The van der Waals surface area contributed by atoms with Crippen molar-refractivity contribution in [1.82, 2.24) is 14.8 Å². The quantitative estimate of drug-likeness (QED) is 0.626. The lowest BCUT2D eigenvalue weighted by Gasteiger charge is -2.29. The van der Waals surface area contributed by atoms with Crippen molar-refractivity contribution in [3.8, 4) is 0 Å². The number of carbonyl (C=O) groups excluding carboxylic acids is 1. The summed E-state index contributed by atoms with van der Waals surface area (Å²) in [4.78, 5) is 18.1. The molecule has 0 spiro atoms. The van der Waals surface area contributed by atoms with Gasteiger partial charge in [0, 0.05) is 12.0 Å². The highest BCUT2D eigenvalue weighted by Crippen LogP contribution is 2.35. The van der Waals surface area contributed by atoms with Gasteiger partial charge in [0.2, 0.25) is 5.95 Å². The van der Waals surface area contributed by atoms with Gasteiger partial charge in [0.05, 0.1) is 24.5 Å². The van der Waals surface area contributed by atoms with Crippen LogP contribution < -0.4 is 5.32 Å². The maximum Gasteiger partial charge on any atom is 0.338 e. The minimum Gasteiger partial charge on any atom is -0.463 e. The van der Waals surface area contributed by atoms with Crippen LogP contribution in [-0.2, 0) is 14.3 Å². The third-order valence-electron chi connectivity index (χ3n) is 3.89. The van der Waals surface area contributed by atoms with Crippen LogP contribution in [-0.4, -0.2) is 47.3 Å². The van der Waals surface area contributed by atoms with E-state index in [-0.39, 0.29) is 12.6 Å². The molecule has 3 rings (SSSR count). The largest absolute Gasteiger partial charge is 0.463 e. The number of hydrogen-bond acceptors (Lipinski definition) is 7. The zero-order valence-corrected chi connectivity index (χ0v) is 15.2. The number of aromatic nitrogens is 3. The summed E-state index contributed by atoms with van der Waals surface area (Å²) in [6.45, 7) is 2.33. The van der Waals surface area contributed by atoms with Gasteiger partial charge in [-0.3, -0.25) is 0 Å². The van der Waals surface area contributed by atoms with Gasteiger partial charge in [-0.25, -0.2) is 9.48 Å². The molecule has 1 aromatic carbocycles. The number of ether oxygens (including phenoxy) is 2. The summed E-state index contributed by atoms with van der Waals surface area (Å²) >= 11 is 1.66. The average molecular weight is 360 g/mol. The lowest BCUT2D eigenvalue weighted by atomic mass is 9.95. The SMILES string of the molecule is CCOC(=O)C1=C(COC)Nc2ncnn2C1c1ccc(SC)cc1. The predicted molar refractivity (Wildman–Crippen MR) is 95.5 cm³/mol. The number of anilines is 1. The summed E-state index contributed by atoms with van der Waals surface area (Å²) in [5.41, 5.74) is 2.06. The van der Waals surface area contributed by atoms with Crippen LogP contribution in [0.25, 0.3) is 0 Å². The van der Waals surface area contributed by atoms with Crippen LogP contribution in [0, 0.1) is 0 Å². The number of thioether (sulfide) groups is 1. The summed E-state index contributed by atoms with van der Waals surface area (Å²) in [5, 5.41) is 7.43. The Morgan fingerprint density at radius 3 is 2.76 bits per heavy atom. The van der Waals surface area contributed by atoms with Crippen molar-refractivity contribution in [2.24, 2.45) is 0 Å². The van der Waals surface area contributed by atoms with E-state index in [9.17, 15) is 4.79 Å². The summed E-state index contributed by atoms with van der Waals surface area (Å²) in [5.74, 6) is 0.182. The van der Waals surface area contributed by atoms with Crippen molar-refractivity contribution >= 4 is 23.7 Å². The first kappa shape index (κ1) is 17.5. The molecule has 1 aliphatic rings. The highest BCUT2D eigenvalue weighted by atomic mass is 32.2. The molecule has 0 saturated heterocycles. The average Bonchev–Trinajstić information content (AvgIpc) is 3.09. The number of carbonyl (C=O) groups is 1. The minimum absolute atomic E-state index is 0.250. The van der Waals surface area contributed by atoms with Crippen LogP contribution in [0.1, 0.15) is 18.5 Å². The molecule has 0 saturated carbocycles. The van der Waals surface area contributed by atoms with Crippen molar-refractivity contribution in [3.63, 3.8) is 0 Å². The van der Waals surface area contributed by atoms with E-state index in [4.69, 9.17) is 9.47 Å². The Bertz CT molecular complexity index is 785. The molecule has 8 heteroatoms. The van der Waals surface area contributed by atoms with Crippen LogP contribution in [0.5, 0.6) is 0 Å². The fraction of sp³-hybridized carbons (Fsp3) is 0.353. The molecule has 1 atom stereocenters. The first-order valence-electron chi connectivity index (χ1n) is 7.89. The predicted octanol–water partition coefficient (Wildman–Crippen LogP) is 2.48. The molecule has 0 aliphatic carbocycles. The fourth-order valence-corrected chi connectivity index (χ4v) is 3.22. The Hall–Kier alpha value is -2.32. The van der Waals surface area contributed by atoms with Crippen molar-refractivity contribution in [2.45, 2.75) is 17.9 Å². The van der Waals surface area contributed by atoms with E-state index in [1.807, 2.05) is 30.5 Å². The second kappa shape index (κ2) is 7.71. The summed E-state index contributed by atoms with van der Waals surface area (Å²) in [6, 6.07) is 7.63. The molecule has 132 valence electrons. The van der Waals surface area contributed by atoms with Gasteiger partial charge in [-0.2, -0.15) is 10.1 Å². The third kappa shape index (κ3) is 3.40. The molecule has 0 fully saturated rings. The van der Waals surface area contributed by atoms with Gasteiger partial charge in [-0.05, 0) is 30.9 Å². The number of nitrogens with one attached hydrogen (secondary N) is 1. The van der Waals surface area contributed by atoms with E-state index in [1.54, 1.807) is 30.5 Å². The Morgan fingerprint density at radius 2 is 2.12 bits per heavy atom. The molecule has 1 unspecified atom stereocenters. The van der Waals surface area contributed by atoms with Crippen LogP contribution in [0.3, 0.4) is 0 Å². The first-order valence-corrected chi connectivity index (χ1v) is 9.11. The van der Waals surface area contributed by atoms with Gasteiger partial charge in [-0.1, -0.05) is 12.1 Å². The van der Waals surface area contributed by atoms with E-state index in [1.165, 1.54) is 6.33 Å². The minimum atomic E-state index is -0.418. The number of rotatable bonds is 6. The van der Waals surface area contributed by atoms with Crippen LogP contribution in [0.2, 0.25) is 0 Å². The Labute approximate surface area is 150 Å². The number of esters is 1. The highest BCUT2D eigenvalue weighted by Gasteiger charge is 2.35. The van der Waals surface area contributed by atoms with Crippen LogP contribution in [0.15, 0.2) is 46.8 Å². The van der Waals surface area contributed by atoms with E-state index >= 15 is 0 Å². The van der Waals surface area contributed by atoms with Gasteiger partial charge >= 0.3 is 5.97 Å². The van der Waals surface area contributed by atoms with Crippen molar-refractivity contribution in [2.75, 3.05) is 31.9 Å². The van der Waals surface area contributed by atoms with Gasteiger partial charge in [0.15, 0.2) is 0 Å². The molecule has 1 aromatic heterocycles. The molecule has 1 aliphatic heterocycles. The third-order valence-corrected chi connectivity index (χ3v) is 4.64. The molecule has 0 radical (unpaired) electrons. The van der Waals surface area contributed by atoms with Crippen molar-refractivity contribution < 1.29 is 14.3 Å². The molecular formula is C17H20N4O3S. The second-order valence-corrected chi connectivity index (χ2v) is 6.25. The van der Waals surface area contributed by atoms with E-state index in [0.29, 0.717) is 23.8 Å². The Morgan fingerprint density at radius 1 is 1.36 bits per heavy atom. The standard InChI is InChI=1S/C17H20N4O3S/c1-4-24-16(22)14-13(9-23-2)20-17-18-10-19-21(17)15(14)11-5-7-12(25-3)8-6-11/h5-8,10,15H,4,9H2,1-3H3,(H,18,19,20). The van der Waals surface area contributed by atoms with Gasteiger partial charge in [-0.15, -0.1) is 11.8 Å². The van der Waals surface area contributed by atoms with E-state index in [2.05, 4.69) is 15.4 Å². The summed E-state index contributed by atoms with van der Waals surface area (Å²) in [6.07, 6.45) is 3.49. The molecule has 2 aromatic rings. The number of hydrogen-bond donors (Lipinski definition) is 1. The maximum atomic E-state index is 12.7. The Kier molecular flexibility index (Phi) is 5.40. The summed E-state index contributed by atoms with van der Waals surface area (Å²) in [7, 11) is 1.58. The van der Waals surface area contributed by atoms with Crippen LogP contribution >= 0.6 is 11.8 Å². The van der Waals surface area contributed by atoms with Crippen LogP contribution in [0.4, 0.5) is 5.95 Å². The number of fused-ring (bicyclic) bond motifs is 1. The smallest absolute Gasteiger partial charge is 0.338 e. The van der Waals surface area contributed by atoms with E-state index in [0.717, 1.165) is 10.5 Å². The van der Waals surface area contributed by atoms with Crippen molar-refractivity contribution in [1.29, 1.82) is 0 Å². The van der Waals surface area contributed by atoms with Gasteiger partial charge in [0.1, 0.15) is 12.4 Å². The molecule has 2 heterocycles.